The lowest BCUT2D eigenvalue weighted by atomic mass is 10.0. The van der Waals surface area contributed by atoms with E-state index in [-0.39, 0.29) is 11.5 Å². The summed E-state index contributed by atoms with van der Waals surface area (Å²) >= 11 is 1.42. The fourth-order valence-electron chi connectivity index (χ4n) is 3.94. The van der Waals surface area contributed by atoms with Crippen molar-refractivity contribution < 1.29 is 9.53 Å². The molecular formula is C19H25N5O2S. The predicted molar refractivity (Wildman–Crippen MR) is 104 cm³/mol. The van der Waals surface area contributed by atoms with Crippen molar-refractivity contribution in [3.05, 3.63) is 41.2 Å². The molecule has 2 aliphatic rings. The maximum absolute atomic E-state index is 12.6. The molecule has 2 N–H and O–H groups in total. The van der Waals surface area contributed by atoms with Crippen molar-refractivity contribution in [2.75, 3.05) is 38.5 Å². The van der Waals surface area contributed by atoms with Crippen LogP contribution in [0.25, 0.3) is 0 Å². The summed E-state index contributed by atoms with van der Waals surface area (Å²) in [5.41, 5.74) is 7.53. The molecule has 0 aliphatic carbocycles. The number of nitrogens with zero attached hydrogens (tertiary/aromatic N) is 4. The lowest BCUT2D eigenvalue weighted by Gasteiger charge is -2.40. The number of aromatic nitrogens is 2. The number of amides is 1. The predicted octanol–water partition coefficient (Wildman–Crippen LogP) is 1.56. The SMILES string of the molecule is Nc1nc(CCC(=O)N2CCC3(CN(Cc4cccnc4)CCO3)C2)cs1. The minimum Gasteiger partial charge on any atom is -0.375 e. The van der Waals surface area contributed by atoms with Gasteiger partial charge in [-0.1, -0.05) is 6.07 Å². The molecule has 27 heavy (non-hydrogen) atoms. The lowest BCUT2D eigenvalue weighted by Crippen LogP contribution is -2.53. The van der Waals surface area contributed by atoms with Crippen LogP contribution in [0.1, 0.15) is 24.1 Å². The van der Waals surface area contributed by atoms with Gasteiger partial charge in [0.1, 0.15) is 5.60 Å². The van der Waals surface area contributed by atoms with E-state index in [1.165, 1.54) is 16.9 Å². The molecule has 2 fully saturated rings. The van der Waals surface area contributed by atoms with E-state index >= 15 is 0 Å². The van der Waals surface area contributed by atoms with Gasteiger partial charge in [0.2, 0.25) is 5.91 Å². The van der Waals surface area contributed by atoms with E-state index in [2.05, 4.69) is 20.9 Å². The number of anilines is 1. The molecule has 2 saturated heterocycles. The van der Waals surface area contributed by atoms with Crippen LogP contribution in [0.2, 0.25) is 0 Å². The third kappa shape index (κ3) is 4.45. The third-order valence-corrected chi connectivity index (χ3v) is 6.01. The molecule has 4 rings (SSSR count). The summed E-state index contributed by atoms with van der Waals surface area (Å²) < 4.78 is 6.16. The van der Waals surface area contributed by atoms with Crippen LogP contribution < -0.4 is 5.73 Å². The first-order valence-electron chi connectivity index (χ1n) is 9.35. The largest absolute Gasteiger partial charge is 0.375 e. The zero-order chi connectivity index (χ0) is 18.7. The summed E-state index contributed by atoms with van der Waals surface area (Å²) in [5.74, 6) is 0.173. The van der Waals surface area contributed by atoms with Crippen LogP contribution in [0, 0.1) is 0 Å². The van der Waals surface area contributed by atoms with Crippen molar-refractivity contribution in [2.45, 2.75) is 31.4 Å². The van der Waals surface area contributed by atoms with E-state index in [9.17, 15) is 4.79 Å². The first-order valence-corrected chi connectivity index (χ1v) is 10.2. The van der Waals surface area contributed by atoms with E-state index in [0.29, 0.717) is 31.1 Å². The number of carbonyl (C=O) groups excluding carboxylic acids is 1. The number of thiazole rings is 1. The highest BCUT2D eigenvalue weighted by atomic mass is 32.1. The Hall–Kier alpha value is -2.03. The molecule has 0 radical (unpaired) electrons. The number of ether oxygens (including phenoxy) is 1. The first-order chi connectivity index (χ1) is 13.1. The molecule has 4 heterocycles. The molecule has 0 bridgehead atoms. The highest BCUT2D eigenvalue weighted by Crippen LogP contribution is 2.30. The maximum atomic E-state index is 12.6. The molecule has 0 saturated carbocycles. The van der Waals surface area contributed by atoms with Crippen LogP contribution >= 0.6 is 11.3 Å². The quantitative estimate of drug-likeness (QED) is 0.838. The van der Waals surface area contributed by atoms with E-state index in [1.807, 2.05) is 22.5 Å². The van der Waals surface area contributed by atoms with Gasteiger partial charge in [-0.05, 0) is 24.5 Å². The van der Waals surface area contributed by atoms with Crippen molar-refractivity contribution in [3.63, 3.8) is 0 Å². The van der Waals surface area contributed by atoms with E-state index < -0.39 is 0 Å². The number of hydrogen-bond acceptors (Lipinski definition) is 7. The Kier molecular flexibility index (Phi) is 5.38. The topological polar surface area (TPSA) is 84.6 Å². The van der Waals surface area contributed by atoms with Crippen LogP contribution in [-0.2, 0) is 22.5 Å². The molecule has 144 valence electrons. The van der Waals surface area contributed by atoms with Gasteiger partial charge >= 0.3 is 0 Å². The van der Waals surface area contributed by atoms with Gasteiger partial charge in [0.25, 0.3) is 0 Å². The van der Waals surface area contributed by atoms with Crippen LogP contribution in [0.4, 0.5) is 5.13 Å². The molecule has 1 spiro atoms. The number of hydrogen-bond donors (Lipinski definition) is 1. The van der Waals surface area contributed by atoms with Gasteiger partial charge in [0.15, 0.2) is 5.13 Å². The molecule has 0 aromatic carbocycles. The highest BCUT2D eigenvalue weighted by molar-refractivity contribution is 7.13. The van der Waals surface area contributed by atoms with Crippen LogP contribution in [0.15, 0.2) is 29.9 Å². The second-order valence-electron chi connectivity index (χ2n) is 7.35. The molecule has 2 aromatic rings. The summed E-state index contributed by atoms with van der Waals surface area (Å²) in [5, 5.41) is 2.48. The summed E-state index contributed by atoms with van der Waals surface area (Å²) in [6.45, 7) is 4.79. The smallest absolute Gasteiger partial charge is 0.223 e. The monoisotopic (exact) mass is 387 g/mol. The summed E-state index contributed by atoms with van der Waals surface area (Å²) in [4.78, 5) is 25.4. The van der Waals surface area contributed by atoms with Gasteiger partial charge in [-0.15, -0.1) is 11.3 Å². The number of morpholine rings is 1. The summed E-state index contributed by atoms with van der Waals surface area (Å²) in [6, 6.07) is 4.07. The second-order valence-corrected chi connectivity index (χ2v) is 8.24. The fourth-order valence-corrected chi connectivity index (χ4v) is 4.54. The molecule has 2 aliphatic heterocycles. The van der Waals surface area contributed by atoms with Crippen molar-refractivity contribution in [2.24, 2.45) is 0 Å². The van der Waals surface area contributed by atoms with Crippen molar-refractivity contribution >= 4 is 22.4 Å². The average Bonchev–Trinajstić information content (AvgIpc) is 3.27. The summed E-state index contributed by atoms with van der Waals surface area (Å²) in [7, 11) is 0. The van der Waals surface area contributed by atoms with Gasteiger partial charge in [-0.2, -0.15) is 0 Å². The second kappa shape index (κ2) is 7.92. The van der Waals surface area contributed by atoms with Crippen molar-refractivity contribution in [3.8, 4) is 0 Å². The number of nitrogen functional groups attached to an aromatic ring is 1. The molecule has 1 atom stereocenters. The molecule has 7 nitrogen and oxygen atoms in total. The Balaban J connectivity index is 1.31. The zero-order valence-electron chi connectivity index (χ0n) is 15.3. The molecule has 2 aromatic heterocycles. The minimum atomic E-state index is -0.235. The number of pyridine rings is 1. The van der Waals surface area contributed by atoms with Gasteiger partial charge in [0, 0.05) is 50.4 Å². The minimum absolute atomic E-state index is 0.173. The van der Waals surface area contributed by atoms with Gasteiger partial charge < -0.3 is 15.4 Å². The van der Waals surface area contributed by atoms with E-state index in [1.54, 1.807) is 6.20 Å². The third-order valence-electron chi connectivity index (χ3n) is 5.29. The van der Waals surface area contributed by atoms with Crippen LogP contribution in [0.3, 0.4) is 0 Å². The van der Waals surface area contributed by atoms with Crippen LogP contribution in [-0.4, -0.2) is 64.1 Å². The van der Waals surface area contributed by atoms with Crippen molar-refractivity contribution in [1.82, 2.24) is 19.8 Å². The van der Waals surface area contributed by atoms with E-state index in [0.717, 1.165) is 38.3 Å². The number of aryl methyl sites for hydroxylation is 1. The normalized spacial score (nSPS) is 23.2. The van der Waals surface area contributed by atoms with Crippen LogP contribution in [0.5, 0.6) is 0 Å². The molecule has 1 unspecified atom stereocenters. The Morgan fingerprint density at radius 1 is 1.37 bits per heavy atom. The number of nitrogens with two attached hydrogens (primary N) is 1. The zero-order valence-corrected chi connectivity index (χ0v) is 16.2. The highest BCUT2D eigenvalue weighted by Gasteiger charge is 2.43. The van der Waals surface area contributed by atoms with Crippen molar-refractivity contribution in [1.29, 1.82) is 0 Å². The fraction of sp³-hybridized carbons (Fsp3) is 0.526. The molecule has 8 heteroatoms. The number of carbonyl (C=O) groups is 1. The van der Waals surface area contributed by atoms with E-state index in [4.69, 9.17) is 10.5 Å². The maximum Gasteiger partial charge on any atom is 0.223 e. The Morgan fingerprint density at radius 2 is 2.30 bits per heavy atom. The molecule has 1 amide bonds. The number of likely N-dealkylation sites (tertiary alicyclic amines) is 1. The Labute approximate surface area is 163 Å². The van der Waals surface area contributed by atoms with Gasteiger partial charge in [0.05, 0.1) is 18.8 Å². The standard InChI is InChI=1S/C19H25N5O2S/c20-18-22-16(12-27-18)3-4-17(25)24-7-5-19(14-24)13-23(8-9-26-19)11-15-2-1-6-21-10-15/h1-2,6,10,12H,3-5,7-9,11,13-14H2,(H2,20,22). The Morgan fingerprint density at radius 3 is 3.07 bits per heavy atom. The molecular weight excluding hydrogens is 362 g/mol. The average molecular weight is 388 g/mol. The Bertz CT molecular complexity index is 783. The van der Waals surface area contributed by atoms with Gasteiger partial charge in [-0.3, -0.25) is 14.7 Å². The first kappa shape index (κ1) is 18.3. The number of rotatable bonds is 5. The lowest BCUT2D eigenvalue weighted by molar-refractivity contribution is -0.134. The van der Waals surface area contributed by atoms with Gasteiger partial charge in [-0.25, -0.2) is 4.98 Å². The summed E-state index contributed by atoms with van der Waals surface area (Å²) in [6.07, 6.45) is 5.72.